The van der Waals surface area contributed by atoms with Crippen LogP contribution in [0.5, 0.6) is 0 Å². The fourth-order valence-electron chi connectivity index (χ4n) is 1.49. The Morgan fingerprint density at radius 2 is 2.33 bits per heavy atom. The van der Waals surface area contributed by atoms with Gasteiger partial charge < -0.3 is 0 Å². The second-order valence-electron chi connectivity index (χ2n) is 3.44. The van der Waals surface area contributed by atoms with Crippen molar-refractivity contribution in [3.8, 4) is 0 Å². The number of hydrogen-bond acceptors (Lipinski definition) is 0. The lowest BCUT2D eigenvalue weighted by Gasteiger charge is -2.12. The van der Waals surface area contributed by atoms with Gasteiger partial charge in [-0.05, 0) is 31.6 Å². The Balaban J connectivity index is 2.64. The van der Waals surface area contributed by atoms with Crippen LogP contribution in [0.2, 0.25) is 0 Å². The van der Waals surface area contributed by atoms with Crippen LogP contribution in [0.3, 0.4) is 0 Å². The Kier molecular flexibility index (Phi) is 3.86. The van der Waals surface area contributed by atoms with Crippen molar-refractivity contribution in [3.63, 3.8) is 0 Å². The molecule has 66 valence electrons. The molecule has 0 heterocycles. The van der Waals surface area contributed by atoms with Crippen LogP contribution >= 0.6 is 0 Å². The molecule has 0 amide bonds. The Morgan fingerprint density at radius 1 is 1.50 bits per heavy atom. The second kappa shape index (κ2) is 4.97. The summed E-state index contributed by atoms with van der Waals surface area (Å²) in [7, 11) is 0. The fourth-order valence-corrected chi connectivity index (χ4v) is 1.49. The third-order valence-electron chi connectivity index (χ3n) is 2.47. The van der Waals surface area contributed by atoms with E-state index >= 15 is 0 Å². The largest absolute Gasteiger partial charge is 0.102 e. The molecule has 0 fully saturated rings. The predicted octanol–water partition coefficient (Wildman–Crippen LogP) is 3.87. The van der Waals surface area contributed by atoms with E-state index in [1.165, 1.54) is 31.3 Å². The van der Waals surface area contributed by atoms with Gasteiger partial charge >= 0.3 is 0 Å². The van der Waals surface area contributed by atoms with Crippen molar-refractivity contribution < 1.29 is 0 Å². The molecule has 0 aromatic heterocycles. The second-order valence-corrected chi connectivity index (χ2v) is 3.44. The monoisotopic (exact) mass is 162 g/mol. The predicted molar refractivity (Wildman–Crippen MR) is 55.1 cm³/mol. The Labute approximate surface area is 75.7 Å². The van der Waals surface area contributed by atoms with Gasteiger partial charge in [0.25, 0.3) is 0 Å². The zero-order chi connectivity index (χ0) is 8.81. The third-order valence-corrected chi connectivity index (χ3v) is 2.47. The molecule has 1 unspecified atom stereocenters. The van der Waals surface area contributed by atoms with E-state index in [1.54, 1.807) is 0 Å². The van der Waals surface area contributed by atoms with Gasteiger partial charge in [0.1, 0.15) is 0 Å². The maximum atomic E-state index is 3.82. The highest BCUT2D eigenvalue weighted by molar-refractivity contribution is 5.18. The van der Waals surface area contributed by atoms with Crippen LogP contribution in [0.25, 0.3) is 0 Å². The summed E-state index contributed by atoms with van der Waals surface area (Å²) in [6.45, 7) is 6.04. The molecule has 12 heavy (non-hydrogen) atoms. The van der Waals surface area contributed by atoms with E-state index in [0.29, 0.717) is 5.92 Å². The molecule has 0 aliphatic heterocycles. The van der Waals surface area contributed by atoms with Crippen molar-refractivity contribution in [2.75, 3.05) is 0 Å². The van der Waals surface area contributed by atoms with Gasteiger partial charge in [0.15, 0.2) is 0 Å². The Morgan fingerprint density at radius 3 is 3.08 bits per heavy atom. The van der Waals surface area contributed by atoms with Crippen LogP contribution in [-0.4, -0.2) is 0 Å². The average molecular weight is 162 g/mol. The molecule has 0 N–H and O–H groups in total. The highest BCUT2D eigenvalue weighted by Gasteiger charge is 2.04. The van der Waals surface area contributed by atoms with Crippen LogP contribution in [0.4, 0.5) is 0 Å². The van der Waals surface area contributed by atoms with Gasteiger partial charge in [-0.15, -0.1) is 6.58 Å². The van der Waals surface area contributed by atoms with E-state index in [4.69, 9.17) is 0 Å². The molecule has 1 rings (SSSR count). The molecular weight excluding hydrogens is 144 g/mol. The lowest BCUT2D eigenvalue weighted by Crippen LogP contribution is -1.96. The molecule has 1 aliphatic carbocycles. The average Bonchev–Trinajstić information content (AvgIpc) is 2.02. The fraction of sp³-hybridized carbons (Fsp3) is 0.500. The normalized spacial score (nSPS) is 27.6. The number of hydrogen-bond donors (Lipinski definition) is 0. The minimum absolute atomic E-state index is 0.549. The van der Waals surface area contributed by atoms with Gasteiger partial charge in [0.2, 0.25) is 0 Å². The molecule has 0 heteroatoms. The maximum absolute atomic E-state index is 3.82. The van der Waals surface area contributed by atoms with E-state index < -0.39 is 0 Å². The first-order chi connectivity index (χ1) is 5.84. The minimum atomic E-state index is 0.549. The van der Waals surface area contributed by atoms with Crippen LogP contribution in [0.15, 0.2) is 36.5 Å². The van der Waals surface area contributed by atoms with Crippen LogP contribution < -0.4 is 0 Å². The highest BCUT2D eigenvalue weighted by atomic mass is 14.1. The number of allylic oxidation sites excluding steroid dienone is 5. The van der Waals surface area contributed by atoms with Gasteiger partial charge in [-0.3, -0.25) is 0 Å². The molecule has 0 saturated carbocycles. The van der Waals surface area contributed by atoms with E-state index in [9.17, 15) is 0 Å². The number of rotatable bonds is 2. The van der Waals surface area contributed by atoms with Crippen LogP contribution in [-0.2, 0) is 0 Å². The van der Waals surface area contributed by atoms with Crippen molar-refractivity contribution in [2.45, 2.75) is 32.6 Å². The first kappa shape index (κ1) is 9.31. The lowest BCUT2D eigenvalue weighted by molar-refractivity contribution is 0.686. The summed E-state index contributed by atoms with van der Waals surface area (Å²) in [6.07, 6.45) is 13.9. The molecule has 0 saturated heterocycles. The Bertz CT molecular complexity index is 196. The molecule has 0 nitrogen and oxygen atoms in total. The molecule has 0 radical (unpaired) electrons. The van der Waals surface area contributed by atoms with Gasteiger partial charge in [-0.25, -0.2) is 0 Å². The topological polar surface area (TPSA) is 0 Å². The molecule has 1 aliphatic rings. The SMILES string of the molecule is C=CC(C)/C1=C/C=C\CCCC1. The van der Waals surface area contributed by atoms with Crippen molar-refractivity contribution in [1.29, 1.82) is 0 Å². The lowest BCUT2D eigenvalue weighted by atomic mass is 9.94. The zero-order valence-corrected chi connectivity index (χ0v) is 7.92. The molecule has 0 aromatic carbocycles. The first-order valence-corrected chi connectivity index (χ1v) is 4.82. The van der Waals surface area contributed by atoms with Crippen LogP contribution in [0.1, 0.15) is 32.6 Å². The Hall–Kier alpha value is -0.780. The summed E-state index contributed by atoms with van der Waals surface area (Å²) in [5.41, 5.74) is 1.53. The first-order valence-electron chi connectivity index (χ1n) is 4.82. The van der Waals surface area contributed by atoms with E-state index in [-0.39, 0.29) is 0 Å². The summed E-state index contributed by atoms with van der Waals surface area (Å²) >= 11 is 0. The zero-order valence-electron chi connectivity index (χ0n) is 7.92. The van der Waals surface area contributed by atoms with Crippen molar-refractivity contribution in [1.82, 2.24) is 0 Å². The maximum Gasteiger partial charge on any atom is -0.00512 e. The van der Waals surface area contributed by atoms with Gasteiger partial charge in [0, 0.05) is 0 Å². The summed E-state index contributed by atoms with van der Waals surface area (Å²) in [5.74, 6) is 0.549. The molecular formula is C12H18. The van der Waals surface area contributed by atoms with E-state index in [1.807, 2.05) is 6.08 Å². The minimum Gasteiger partial charge on any atom is -0.102 e. The quantitative estimate of drug-likeness (QED) is 0.541. The van der Waals surface area contributed by atoms with Gasteiger partial charge in [-0.2, -0.15) is 0 Å². The van der Waals surface area contributed by atoms with Crippen LogP contribution in [0, 0.1) is 5.92 Å². The van der Waals surface area contributed by atoms with Crippen molar-refractivity contribution in [3.05, 3.63) is 36.5 Å². The standard InChI is InChI=1S/C12H18/c1-3-11(2)12-9-7-5-4-6-8-10-12/h3,5,7,9,11H,1,4,6,8,10H2,2H3/b7-5-,12-9+. The highest BCUT2D eigenvalue weighted by Crippen LogP contribution is 2.20. The summed E-state index contributed by atoms with van der Waals surface area (Å²) < 4.78 is 0. The molecule has 0 spiro atoms. The molecule has 1 atom stereocenters. The van der Waals surface area contributed by atoms with E-state index in [0.717, 1.165) is 0 Å². The summed E-state index contributed by atoms with van der Waals surface area (Å²) in [4.78, 5) is 0. The van der Waals surface area contributed by atoms with Crippen molar-refractivity contribution in [2.24, 2.45) is 5.92 Å². The van der Waals surface area contributed by atoms with Crippen molar-refractivity contribution >= 4 is 0 Å². The van der Waals surface area contributed by atoms with Gasteiger partial charge in [-0.1, -0.05) is 36.8 Å². The summed E-state index contributed by atoms with van der Waals surface area (Å²) in [5, 5.41) is 0. The smallest absolute Gasteiger partial charge is 0.00512 e. The molecule has 0 bridgehead atoms. The van der Waals surface area contributed by atoms with Gasteiger partial charge in [0.05, 0.1) is 0 Å². The summed E-state index contributed by atoms with van der Waals surface area (Å²) in [6, 6.07) is 0. The third kappa shape index (κ3) is 2.69. The van der Waals surface area contributed by atoms with E-state index in [2.05, 4.69) is 31.7 Å². The molecule has 0 aromatic rings.